The Kier molecular flexibility index (Phi) is 9.74. The Labute approximate surface area is 416 Å². The van der Waals surface area contributed by atoms with Crippen LogP contribution >= 0.6 is 0 Å². The molecule has 0 bridgehead atoms. The maximum atomic E-state index is 5.70. The van der Waals surface area contributed by atoms with Crippen LogP contribution in [0.5, 0.6) is 0 Å². The summed E-state index contributed by atoms with van der Waals surface area (Å²) in [6.07, 6.45) is 0. The van der Waals surface area contributed by atoms with Gasteiger partial charge in [0.1, 0.15) is 11.6 Å². The largest absolute Gasteiger partial charge is 0.311 e. The van der Waals surface area contributed by atoms with Crippen LogP contribution in [0, 0.1) is 0 Å². The van der Waals surface area contributed by atoms with Crippen molar-refractivity contribution in [1.29, 1.82) is 0 Å². The van der Waals surface area contributed by atoms with Crippen molar-refractivity contribution >= 4 is 88.5 Å². The van der Waals surface area contributed by atoms with Crippen molar-refractivity contribution in [2.45, 2.75) is 0 Å². The van der Waals surface area contributed by atoms with Gasteiger partial charge in [-0.2, -0.15) is 0 Å². The van der Waals surface area contributed by atoms with E-state index in [1.165, 1.54) is 10.8 Å². The zero-order valence-electron chi connectivity index (χ0n) is 39.1. The van der Waals surface area contributed by atoms with E-state index >= 15 is 0 Å². The van der Waals surface area contributed by atoms with Gasteiger partial charge in [0.25, 0.3) is 0 Å². The first-order valence-electron chi connectivity index (χ1n) is 24.4. The molecule has 12 aromatic carbocycles. The van der Waals surface area contributed by atoms with Gasteiger partial charge in [0.15, 0.2) is 0 Å². The minimum atomic E-state index is 0.880. The SMILES string of the molecule is c1ccc(N(c2ccccc2)c2ccc(-c3nc4c5cccc6c5c5c(cccc5c4n3-c3ccccc3)c3nc(-c4ccc(N(c5ccccc5)c5ccccc5)cc4)n(-c4ccccc4)c63)cc2)cc1. The molecule has 0 aliphatic rings. The number of aromatic nitrogens is 4. The van der Waals surface area contributed by atoms with Gasteiger partial charge in [-0.05, 0) is 121 Å². The van der Waals surface area contributed by atoms with Crippen LogP contribution in [0.2, 0.25) is 0 Å². The smallest absolute Gasteiger partial charge is 0.145 e. The van der Waals surface area contributed by atoms with E-state index < -0.39 is 0 Å². The molecule has 2 aromatic heterocycles. The summed E-state index contributed by atoms with van der Waals surface area (Å²) >= 11 is 0. The van der Waals surface area contributed by atoms with Crippen LogP contribution in [-0.2, 0) is 0 Å². The predicted molar refractivity (Wildman–Crippen MR) is 300 cm³/mol. The molecular formula is C66H44N6. The molecule has 0 N–H and O–H groups in total. The van der Waals surface area contributed by atoms with Gasteiger partial charge in [-0.25, -0.2) is 9.97 Å². The average Bonchev–Trinajstić information content (AvgIpc) is 4.07. The molecule has 0 aliphatic heterocycles. The number of hydrogen-bond donors (Lipinski definition) is 0. The van der Waals surface area contributed by atoms with Crippen molar-refractivity contribution in [1.82, 2.24) is 19.1 Å². The predicted octanol–water partition coefficient (Wildman–Crippen LogP) is 17.5. The maximum absolute atomic E-state index is 5.70. The highest BCUT2D eigenvalue weighted by atomic mass is 15.2. The lowest BCUT2D eigenvalue weighted by molar-refractivity contribution is 1.11. The third-order valence-electron chi connectivity index (χ3n) is 14.0. The number of nitrogens with zero attached hydrogens (tertiary/aromatic N) is 6. The monoisotopic (exact) mass is 920 g/mol. The van der Waals surface area contributed by atoms with Gasteiger partial charge >= 0.3 is 0 Å². The van der Waals surface area contributed by atoms with E-state index in [0.717, 1.165) is 112 Å². The van der Waals surface area contributed by atoms with Crippen molar-refractivity contribution in [3.05, 3.63) is 267 Å². The van der Waals surface area contributed by atoms with Gasteiger partial charge in [-0.3, -0.25) is 9.13 Å². The Bertz CT molecular complexity index is 3860. The molecule has 72 heavy (non-hydrogen) atoms. The fourth-order valence-electron chi connectivity index (χ4n) is 10.9. The highest BCUT2D eigenvalue weighted by Crippen LogP contribution is 2.48. The van der Waals surface area contributed by atoms with Crippen molar-refractivity contribution in [2.24, 2.45) is 0 Å². The van der Waals surface area contributed by atoms with Gasteiger partial charge in [0, 0.05) is 88.9 Å². The van der Waals surface area contributed by atoms with Crippen molar-refractivity contribution in [3.63, 3.8) is 0 Å². The lowest BCUT2D eigenvalue weighted by Crippen LogP contribution is -2.09. The lowest BCUT2D eigenvalue weighted by Gasteiger charge is -2.25. The first kappa shape index (κ1) is 41.2. The maximum Gasteiger partial charge on any atom is 0.145 e. The second-order valence-corrected chi connectivity index (χ2v) is 18.2. The third kappa shape index (κ3) is 6.65. The van der Waals surface area contributed by atoms with E-state index in [2.05, 4.69) is 286 Å². The zero-order valence-corrected chi connectivity index (χ0v) is 39.1. The number of hydrogen-bond acceptors (Lipinski definition) is 4. The fraction of sp³-hybridized carbons (Fsp3) is 0. The highest BCUT2D eigenvalue weighted by molar-refractivity contribution is 6.39. The van der Waals surface area contributed by atoms with E-state index in [4.69, 9.17) is 9.97 Å². The van der Waals surface area contributed by atoms with Crippen LogP contribution in [0.25, 0.3) is 88.5 Å². The Morgan fingerprint density at radius 1 is 0.250 bits per heavy atom. The minimum absolute atomic E-state index is 0.880. The summed E-state index contributed by atoms with van der Waals surface area (Å²) in [5, 5.41) is 6.85. The minimum Gasteiger partial charge on any atom is -0.311 e. The van der Waals surface area contributed by atoms with Crippen LogP contribution in [0.1, 0.15) is 0 Å². The fourth-order valence-corrected chi connectivity index (χ4v) is 10.9. The standard InChI is InChI=1S/C66H44N6/c1-7-21-47(22-8-1)69(48-23-9-2-10-24-48)53-41-37-45(38-42-53)65-67-61-55-33-19-36-58-59(55)60-56(34-20-35-57(60)63(61)71(65)51-29-15-5-16-30-51)62-64(58)72(52-31-17-6-18-32-52)66(68-62)46-39-43-54(44-40-46)70(49-25-11-3-12-26-49)50-27-13-4-14-28-50/h1-44H. The molecule has 2 heterocycles. The third-order valence-corrected chi connectivity index (χ3v) is 14.0. The second-order valence-electron chi connectivity index (χ2n) is 18.2. The number of anilines is 6. The molecular weight excluding hydrogens is 877 g/mol. The number of benzene rings is 12. The summed E-state index contributed by atoms with van der Waals surface area (Å²) in [7, 11) is 0. The normalized spacial score (nSPS) is 11.6. The highest BCUT2D eigenvalue weighted by Gasteiger charge is 2.27. The van der Waals surface area contributed by atoms with Gasteiger partial charge in [-0.15, -0.1) is 0 Å². The summed E-state index contributed by atoms with van der Waals surface area (Å²) in [6.45, 7) is 0. The Balaban J connectivity index is 0.991. The van der Waals surface area contributed by atoms with E-state index in [-0.39, 0.29) is 0 Å². The molecule has 6 heteroatoms. The number of imidazole rings is 2. The van der Waals surface area contributed by atoms with Gasteiger partial charge in [-0.1, -0.05) is 146 Å². The molecule has 14 rings (SSSR count). The molecule has 0 atom stereocenters. The van der Waals surface area contributed by atoms with Crippen LogP contribution in [0.15, 0.2) is 267 Å². The number of para-hydroxylation sites is 6. The molecule has 0 amide bonds. The Morgan fingerprint density at radius 3 is 0.847 bits per heavy atom. The van der Waals surface area contributed by atoms with Crippen LogP contribution in [0.4, 0.5) is 34.1 Å². The van der Waals surface area contributed by atoms with Crippen molar-refractivity contribution < 1.29 is 0 Å². The van der Waals surface area contributed by atoms with Crippen molar-refractivity contribution in [3.8, 4) is 34.2 Å². The van der Waals surface area contributed by atoms with E-state index in [1.54, 1.807) is 0 Å². The molecule has 0 saturated carbocycles. The molecule has 0 aliphatic carbocycles. The number of fused-ring (bicyclic) bond motifs is 6. The van der Waals surface area contributed by atoms with Crippen LogP contribution in [-0.4, -0.2) is 19.1 Å². The summed E-state index contributed by atoms with van der Waals surface area (Å²) < 4.78 is 4.72. The van der Waals surface area contributed by atoms with Crippen molar-refractivity contribution in [2.75, 3.05) is 9.80 Å². The van der Waals surface area contributed by atoms with Gasteiger partial charge < -0.3 is 9.80 Å². The number of rotatable bonds is 10. The molecule has 0 saturated heterocycles. The first-order valence-corrected chi connectivity index (χ1v) is 24.4. The summed E-state index contributed by atoms with van der Waals surface area (Å²) in [4.78, 5) is 16.0. The average molecular weight is 921 g/mol. The summed E-state index contributed by atoms with van der Waals surface area (Å²) in [5.41, 5.74) is 14.7. The Hall–Kier alpha value is -9.78. The second kappa shape index (κ2) is 17.0. The van der Waals surface area contributed by atoms with Crippen LogP contribution < -0.4 is 9.80 Å². The topological polar surface area (TPSA) is 42.1 Å². The summed E-state index contributed by atoms with van der Waals surface area (Å²) in [6, 6.07) is 94.6. The molecule has 0 spiro atoms. The quantitative estimate of drug-likeness (QED) is 0.128. The summed E-state index contributed by atoms with van der Waals surface area (Å²) in [5.74, 6) is 1.76. The Morgan fingerprint density at radius 2 is 0.528 bits per heavy atom. The first-order chi connectivity index (χ1) is 35.8. The molecule has 0 radical (unpaired) electrons. The molecule has 0 fully saturated rings. The van der Waals surface area contributed by atoms with Gasteiger partial charge in [0.2, 0.25) is 0 Å². The molecule has 14 aromatic rings. The van der Waals surface area contributed by atoms with E-state index in [1.807, 2.05) is 0 Å². The van der Waals surface area contributed by atoms with E-state index in [0.29, 0.717) is 0 Å². The molecule has 0 unspecified atom stereocenters. The molecule has 6 nitrogen and oxygen atoms in total. The van der Waals surface area contributed by atoms with Gasteiger partial charge in [0.05, 0.1) is 22.1 Å². The van der Waals surface area contributed by atoms with Crippen LogP contribution in [0.3, 0.4) is 0 Å². The van der Waals surface area contributed by atoms with E-state index in [9.17, 15) is 0 Å². The zero-order chi connectivity index (χ0) is 47.5. The lowest BCUT2D eigenvalue weighted by atomic mass is 9.91. The molecule has 338 valence electrons.